The molecule has 0 unspecified atom stereocenters. The summed E-state index contributed by atoms with van der Waals surface area (Å²) in [6.45, 7) is 0.322. The van der Waals surface area contributed by atoms with E-state index in [0.29, 0.717) is 12.2 Å². The van der Waals surface area contributed by atoms with Crippen LogP contribution >= 0.6 is 0 Å². The molecule has 1 aromatic heterocycles. The third-order valence-corrected chi connectivity index (χ3v) is 3.05. The first-order valence-corrected chi connectivity index (χ1v) is 5.58. The number of imidazole rings is 1. The first kappa shape index (κ1) is 11.1. The Bertz CT molecular complexity index is 380. The summed E-state index contributed by atoms with van der Waals surface area (Å²) in [4.78, 5) is 15.6. The second-order valence-electron chi connectivity index (χ2n) is 4.54. The molecule has 1 aliphatic carbocycles. The highest BCUT2D eigenvalue weighted by molar-refractivity contribution is 5.92. The maximum Gasteiger partial charge on any atom is 0.271 e. The van der Waals surface area contributed by atoms with Gasteiger partial charge in [0.05, 0.1) is 11.9 Å². The summed E-state index contributed by atoms with van der Waals surface area (Å²) in [6.07, 6.45) is 6.87. The normalized spacial score (nSPS) is 18.6. The molecule has 1 heterocycles. The standard InChI is InChI=1S/C11H17N3O2/c1-14-6-9(13-8-14)10(15)12-7-11(16)4-2-3-5-11/h6,8,16H,2-5,7H2,1H3,(H,12,15). The molecule has 0 aromatic carbocycles. The van der Waals surface area contributed by atoms with E-state index >= 15 is 0 Å². The van der Waals surface area contributed by atoms with Crippen molar-refractivity contribution in [3.05, 3.63) is 18.2 Å². The average molecular weight is 223 g/mol. The molecule has 16 heavy (non-hydrogen) atoms. The zero-order valence-corrected chi connectivity index (χ0v) is 9.44. The molecule has 0 bridgehead atoms. The van der Waals surface area contributed by atoms with Gasteiger partial charge in [0.25, 0.3) is 5.91 Å². The Hall–Kier alpha value is -1.36. The number of rotatable bonds is 3. The number of hydrogen-bond acceptors (Lipinski definition) is 3. The van der Waals surface area contributed by atoms with Crippen LogP contribution in [-0.2, 0) is 7.05 Å². The SMILES string of the molecule is Cn1cnc(C(=O)NCC2(O)CCCC2)c1. The van der Waals surface area contributed by atoms with Gasteiger partial charge in [0.2, 0.25) is 0 Å². The summed E-state index contributed by atoms with van der Waals surface area (Å²) in [7, 11) is 1.81. The van der Waals surface area contributed by atoms with Crippen LogP contribution in [0.1, 0.15) is 36.2 Å². The van der Waals surface area contributed by atoms with Crippen molar-refractivity contribution < 1.29 is 9.90 Å². The van der Waals surface area contributed by atoms with Gasteiger partial charge in [0, 0.05) is 19.8 Å². The van der Waals surface area contributed by atoms with Gasteiger partial charge in [-0.2, -0.15) is 0 Å². The van der Waals surface area contributed by atoms with E-state index in [9.17, 15) is 9.90 Å². The minimum absolute atomic E-state index is 0.221. The van der Waals surface area contributed by atoms with Crippen LogP contribution < -0.4 is 5.32 Å². The quantitative estimate of drug-likeness (QED) is 0.782. The van der Waals surface area contributed by atoms with Crippen LogP contribution in [0, 0.1) is 0 Å². The molecular weight excluding hydrogens is 206 g/mol. The minimum Gasteiger partial charge on any atom is -0.388 e. The number of aromatic nitrogens is 2. The number of hydrogen-bond donors (Lipinski definition) is 2. The van der Waals surface area contributed by atoms with Crippen molar-refractivity contribution >= 4 is 5.91 Å². The maximum absolute atomic E-state index is 11.7. The smallest absolute Gasteiger partial charge is 0.271 e. The van der Waals surface area contributed by atoms with E-state index in [2.05, 4.69) is 10.3 Å². The second-order valence-corrected chi connectivity index (χ2v) is 4.54. The third-order valence-electron chi connectivity index (χ3n) is 3.05. The fraction of sp³-hybridized carbons (Fsp3) is 0.636. The van der Waals surface area contributed by atoms with Gasteiger partial charge in [-0.05, 0) is 12.8 Å². The predicted molar refractivity (Wildman–Crippen MR) is 59.0 cm³/mol. The van der Waals surface area contributed by atoms with Gasteiger partial charge in [-0.1, -0.05) is 12.8 Å². The average Bonchev–Trinajstić information content (AvgIpc) is 2.85. The van der Waals surface area contributed by atoms with Crippen molar-refractivity contribution in [2.24, 2.45) is 7.05 Å². The van der Waals surface area contributed by atoms with Gasteiger partial charge in [0.1, 0.15) is 5.69 Å². The number of aliphatic hydroxyl groups is 1. The molecule has 1 saturated carbocycles. The first-order valence-electron chi connectivity index (χ1n) is 5.58. The maximum atomic E-state index is 11.7. The lowest BCUT2D eigenvalue weighted by Crippen LogP contribution is -2.40. The molecule has 2 rings (SSSR count). The number of nitrogens with zero attached hydrogens (tertiary/aromatic N) is 2. The molecular formula is C11H17N3O2. The Morgan fingerprint density at radius 2 is 2.31 bits per heavy atom. The van der Waals surface area contributed by atoms with Gasteiger partial charge in [-0.3, -0.25) is 4.79 Å². The number of carbonyl (C=O) groups is 1. The zero-order chi connectivity index (χ0) is 11.6. The van der Waals surface area contributed by atoms with Crippen LogP contribution in [0.5, 0.6) is 0 Å². The van der Waals surface area contributed by atoms with E-state index in [1.54, 1.807) is 17.1 Å². The van der Waals surface area contributed by atoms with E-state index in [0.717, 1.165) is 25.7 Å². The Balaban J connectivity index is 1.88. The van der Waals surface area contributed by atoms with E-state index < -0.39 is 5.60 Å². The molecule has 0 atom stereocenters. The number of nitrogens with one attached hydrogen (secondary N) is 1. The number of carbonyl (C=O) groups excluding carboxylic acids is 1. The summed E-state index contributed by atoms with van der Waals surface area (Å²) in [5.74, 6) is -0.221. The second kappa shape index (κ2) is 4.25. The molecule has 0 saturated heterocycles. The van der Waals surface area contributed by atoms with Crippen molar-refractivity contribution in [1.29, 1.82) is 0 Å². The van der Waals surface area contributed by atoms with Crippen LogP contribution in [0.3, 0.4) is 0 Å². The molecule has 5 nitrogen and oxygen atoms in total. The summed E-state index contributed by atoms with van der Waals surface area (Å²) >= 11 is 0. The van der Waals surface area contributed by atoms with Gasteiger partial charge in [0.15, 0.2) is 0 Å². The summed E-state index contributed by atoms with van der Waals surface area (Å²) in [5, 5.41) is 12.8. The summed E-state index contributed by atoms with van der Waals surface area (Å²) < 4.78 is 1.72. The molecule has 0 radical (unpaired) electrons. The summed E-state index contributed by atoms with van der Waals surface area (Å²) in [5.41, 5.74) is -0.311. The Labute approximate surface area is 94.5 Å². The van der Waals surface area contributed by atoms with Crippen molar-refractivity contribution in [3.63, 3.8) is 0 Å². The largest absolute Gasteiger partial charge is 0.388 e. The molecule has 0 aliphatic heterocycles. The Morgan fingerprint density at radius 1 is 1.62 bits per heavy atom. The van der Waals surface area contributed by atoms with Crippen molar-refractivity contribution in [2.75, 3.05) is 6.54 Å². The molecule has 1 aliphatic rings. The topological polar surface area (TPSA) is 67.2 Å². The Kier molecular flexibility index (Phi) is 2.96. The highest BCUT2D eigenvalue weighted by Crippen LogP contribution is 2.28. The van der Waals surface area contributed by atoms with Crippen LogP contribution in [-0.4, -0.2) is 32.7 Å². The lowest BCUT2D eigenvalue weighted by molar-refractivity contribution is 0.0448. The molecule has 0 spiro atoms. The van der Waals surface area contributed by atoms with Crippen molar-refractivity contribution in [1.82, 2.24) is 14.9 Å². The minimum atomic E-state index is -0.704. The van der Waals surface area contributed by atoms with Crippen molar-refractivity contribution in [2.45, 2.75) is 31.3 Å². The monoisotopic (exact) mass is 223 g/mol. The van der Waals surface area contributed by atoms with Gasteiger partial charge >= 0.3 is 0 Å². The molecule has 1 fully saturated rings. The van der Waals surface area contributed by atoms with E-state index in [1.807, 2.05) is 7.05 Å². The number of amides is 1. The van der Waals surface area contributed by atoms with E-state index in [4.69, 9.17) is 0 Å². The van der Waals surface area contributed by atoms with E-state index in [-0.39, 0.29) is 5.91 Å². The van der Waals surface area contributed by atoms with Gasteiger partial charge in [-0.25, -0.2) is 4.98 Å². The van der Waals surface area contributed by atoms with Crippen LogP contribution in [0.4, 0.5) is 0 Å². The molecule has 1 amide bonds. The fourth-order valence-electron chi connectivity index (χ4n) is 2.08. The van der Waals surface area contributed by atoms with Crippen molar-refractivity contribution in [3.8, 4) is 0 Å². The molecule has 88 valence electrons. The lowest BCUT2D eigenvalue weighted by atomic mass is 10.0. The predicted octanol–water partition coefficient (Wildman–Crippen LogP) is 0.455. The van der Waals surface area contributed by atoms with Crippen LogP contribution in [0.15, 0.2) is 12.5 Å². The first-order chi connectivity index (χ1) is 7.59. The van der Waals surface area contributed by atoms with Crippen LogP contribution in [0.25, 0.3) is 0 Å². The molecule has 1 aromatic rings. The molecule has 5 heteroatoms. The highest BCUT2D eigenvalue weighted by atomic mass is 16.3. The highest BCUT2D eigenvalue weighted by Gasteiger charge is 2.31. The lowest BCUT2D eigenvalue weighted by Gasteiger charge is -2.21. The van der Waals surface area contributed by atoms with Crippen LogP contribution in [0.2, 0.25) is 0 Å². The van der Waals surface area contributed by atoms with E-state index in [1.165, 1.54) is 0 Å². The van der Waals surface area contributed by atoms with Gasteiger partial charge in [-0.15, -0.1) is 0 Å². The fourth-order valence-corrected chi connectivity index (χ4v) is 2.08. The Morgan fingerprint density at radius 3 is 2.88 bits per heavy atom. The third kappa shape index (κ3) is 2.41. The summed E-state index contributed by atoms with van der Waals surface area (Å²) in [6, 6.07) is 0. The molecule has 2 N–H and O–H groups in total. The van der Waals surface area contributed by atoms with Gasteiger partial charge < -0.3 is 15.0 Å². The zero-order valence-electron chi connectivity index (χ0n) is 9.44. The number of aryl methyl sites for hydroxylation is 1.